The highest BCUT2D eigenvalue weighted by atomic mass is 19.4. The number of nitrogens with zero attached hydrogens (tertiary/aromatic N) is 2. The lowest BCUT2D eigenvalue weighted by atomic mass is 9.94. The number of aromatic nitrogens is 2. The molecule has 10 heteroatoms. The molecule has 2 heterocycles. The van der Waals surface area contributed by atoms with Crippen LogP contribution < -0.4 is 5.32 Å². The van der Waals surface area contributed by atoms with Crippen LogP contribution in [0.2, 0.25) is 0 Å². The number of benzene rings is 1. The first-order valence-electron chi connectivity index (χ1n) is 8.07. The van der Waals surface area contributed by atoms with Crippen LogP contribution in [0.4, 0.5) is 19.0 Å². The molecule has 2 aromatic rings. The molecule has 0 radical (unpaired) electrons. The van der Waals surface area contributed by atoms with Gasteiger partial charge in [-0.05, 0) is 18.6 Å². The molecule has 2 N–H and O–H groups in total. The molecule has 1 atom stereocenters. The molecule has 0 fully saturated rings. The molecule has 0 spiro atoms. The summed E-state index contributed by atoms with van der Waals surface area (Å²) >= 11 is 0. The number of hydrogen-bond acceptors (Lipinski definition) is 4. The number of halogens is 3. The van der Waals surface area contributed by atoms with Gasteiger partial charge in [0.1, 0.15) is 12.4 Å². The van der Waals surface area contributed by atoms with Gasteiger partial charge in [-0.3, -0.25) is 4.79 Å². The molecule has 144 valence electrons. The number of carboxylic acids is 1. The standard InChI is InChI=1S/C17H16F3N3O4/c1-9(10-4-2-3-5-11(10)17(18,19)20)15(24)22-14-13(16(25)26)23-6-7-27-8-12(23)21-14/h2-5,9H,6-8H2,1H3,(H,22,24)(H,25,26). The van der Waals surface area contributed by atoms with E-state index in [1.54, 1.807) is 0 Å². The second kappa shape index (κ2) is 7.03. The van der Waals surface area contributed by atoms with E-state index >= 15 is 0 Å². The van der Waals surface area contributed by atoms with Crippen LogP contribution in [0, 0.1) is 0 Å². The molecule has 27 heavy (non-hydrogen) atoms. The number of ether oxygens (including phenoxy) is 1. The van der Waals surface area contributed by atoms with Gasteiger partial charge < -0.3 is 19.7 Å². The molecule has 3 rings (SSSR count). The molecule has 1 amide bonds. The van der Waals surface area contributed by atoms with Gasteiger partial charge in [-0.15, -0.1) is 0 Å². The van der Waals surface area contributed by atoms with Crippen LogP contribution in [0.1, 0.15) is 40.3 Å². The van der Waals surface area contributed by atoms with Crippen LogP contribution in [0.25, 0.3) is 0 Å². The van der Waals surface area contributed by atoms with Crippen LogP contribution in [0.3, 0.4) is 0 Å². The Morgan fingerprint density at radius 2 is 2.04 bits per heavy atom. The van der Waals surface area contributed by atoms with Gasteiger partial charge in [0.15, 0.2) is 11.5 Å². The van der Waals surface area contributed by atoms with E-state index in [4.69, 9.17) is 4.74 Å². The lowest BCUT2D eigenvalue weighted by Crippen LogP contribution is -2.24. The first kappa shape index (κ1) is 18.9. The number of amides is 1. The zero-order chi connectivity index (χ0) is 19.8. The summed E-state index contributed by atoms with van der Waals surface area (Å²) in [5, 5.41) is 11.8. The Hall–Kier alpha value is -2.88. The van der Waals surface area contributed by atoms with Crippen LogP contribution in [-0.2, 0) is 28.9 Å². The van der Waals surface area contributed by atoms with Crippen LogP contribution in [0.15, 0.2) is 24.3 Å². The number of rotatable bonds is 4. The van der Waals surface area contributed by atoms with Crippen LogP contribution in [-0.4, -0.2) is 33.1 Å². The van der Waals surface area contributed by atoms with E-state index in [1.807, 2.05) is 0 Å². The highest BCUT2D eigenvalue weighted by Crippen LogP contribution is 2.35. The van der Waals surface area contributed by atoms with Crippen molar-refractivity contribution in [2.24, 2.45) is 0 Å². The van der Waals surface area contributed by atoms with E-state index < -0.39 is 29.5 Å². The molecule has 1 aromatic carbocycles. The molecular weight excluding hydrogens is 367 g/mol. The zero-order valence-corrected chi connectivity index (χ0v) is 14.2. The second-order valence-electron chi connectivity index (χ2n) is 6.03. The number of aromatic carboxylic acids is 1. The summed E-state index contributed by atoms with van der Waals surface area (Å²) in [5.41, 5.74) is -1.34. The molecule has 0 aliphatic carbocycles. The van der Waals surface area contributed by atoms with Crippen molar-refractivity contribution in [2.45, 2.75) is 32.2 Å². The number of anilines is 1. The SMILES string of the molecule is CC(C(=O)Nc1nc2n(c1C(=O)O)CCOC2)c1ccccc1C(F)(F)F. The smallest absolute Gasteiger partial charge is 0.416 e. The number of imidazole rings is 1. The van der Waals surface area contributed by atoms with Gasteiger partial charge in [-0.2, -0.15) is 13.2 Å². The largest absolute Gasteiger partial charge is 0.476 e. The minimum absolute atomic E-state index is 0.0859. The number of hydrogen-bond donors (Lipinski definition) is 2. The normalized spacial score (nSPS) is 15.1. The number of carboxylic acid groups (broad SMARTS) is 1. The van der Waals surface area contributed by atoms with E-state index in [1.165, 1.54) is 29.7 Å². The molecule has 1 aliphatic rings. The van der Waals surface area contributed by atoms with E-state index in [9.17, 15) is 27.9 Å². The first-order valence-corrected chi connectivity index (χ1v) is 8.07. The number of fused-ring (bicyclic) bond motifs is 1. The number of nitrogens with one attached hydrogen (secondary N) is 1. The van der Waals surface area contributed by atoms with Gasteiger partial charge in [0.2, 0.25) is 5.91 Å². The Labute approximate surface area is 151 Å². The lowest BCUT2D eigenvalue weighted by molar-refractivity contribution is -0.138. The van der Waals surface area contributed by atoms with Gasteiger partial charge in [0.05, 0.1) is 18.1 Å². The highest BCUT2D eigenvalue weighted by molar-refractivity contribution is 6.00. The van der Waals surface area contributed by atoms with Gasteiger partial charge in [0, 0.05) is 6.54 Å². The molecule has 0 saturated heterocycles. The predicted molar refractivity (Wildman–Crippen MR) is 87.3 cm³/mol. The molecular formula is C17H16F3N3O4. The molecule has 1 aliphatic heterocycles. The van der Waals surface area contributed by atoms with Crippen LogP contribution in [0.5, 0.6) is 0 Å². The fourth-order valence-corrected chi connectivity index (χ4v) is 2.97. The topological polar surface area (TPSA) is 93.5 Å². The Kier molecular flexibility index (Phi) is 4.92. The monoisotopic (exact) mass is 383 g/mol. The summed E-state index contributed by atoms with van der Waals surface area (Å²) < 4.78 is 46.2. The van der Waals surface area contributed by atoms with Gasteiger partial charge in [-0.25, -0.2) is 9.78 Å². The van der Waals surface area contributed by atoms with Crippen molar-refractivity contribution in [2.75, 3.05) is 11.9 Å². The number of alkyl halides is 3. The zero-order valence-electron chi connectivity index (χ0n) is 14.2. The molecule has 1 unspecified atom stereocenters. The molecule has 0 saturated carbocycles. The average Bonchev–Trinajstić information content (AvgIpc) is 2.98. The third kappa shape index (κ3) is 3.65. The molecule has 7 nitrogen and oxygen atoms in total. The van der Waals surface area contributed by atoms with Crippen molar-refractivity contribution in [1.82, 2.24) is 9.55 Å². The maximum Gasteiger partial charge on any atom is 0.416 e. The van der Waals surface area contributed by atoms with Crippen molar-refractivity contribution in [1.29, 1.82) is 0 Å². The van der Waals surface area contributed by atoms with E-state index in [-0.39, 0.29) is 30.2 Å². The third-order valence-electron chi connectivity index (χ3n) is 4.31. The lowest BCUT2D eigenvalue weighted by Gasteiger charge is -2.18. The Bertz CT molecular complexity index is 892. The van der Waals surface area contributed by atoms with E-state index in [2.05, 4.69) is 10.3 Å². The van der Waals surface area contributed by atoms with Crippen molar-refractivity contribution in [3.8, 4) is 0 Å². The van der Waals surface area contributed by atoms with E-state index in [0.29, 0.717) is 12.4 Å². The number of carbonyl (C=O) groups is 2. The average molecular weight is 383 g/mol. The van der Waals surface area contributed by atoms with Gasteiger partial charge in [-0.1, -0.05) is 18.2 Å². The summed E-state index contributed by atoms with van der Waals surface area (Å²) in [6.07, 6.45) is -4.61. The summed E-state index contributed by atoms with van der Waals surface area (Å²) in [6.45, 7) is 1.96. The minimum Gasteiger partial charge on any atom is -0.476 e. The summed E-state index contributed by atoms with van der Waals surface area (Å²) in [5.74, 6) is -3.12. The maximum absolute atomic E-state index is 13.2. The van der Waals surface area contributed by atoms with Crippen molar-refractivity contribution in [3.63, 3.8) is 0 Å². The summed E-state index contributed by atoms with van der Waals surface area (Å²) in [7, 11) is 0. The second-order valence-corrected chi connectivity index (χ2v) is 6.03. The maximum atomic E-state index is 13.2. The van der Waals surface area contributed by atoms with Gasteiger partial charge in [0.25, 0.3) is 0 Å². The van der Waals surface area contributed by atoms with Crippen molar-refractivity contribution >= 4 is 17.7 Å². The Morgan fingerprint density at radius 3 is 2.70 bits per heavy atom. The summed E-state index contributed by atoms with van der Waals surface area (Å²) in [4.78, 5) is 28.2. The van der Waals surface area contributed by atoms with Gasteiger partial charge >= 0.3 is 12.1 Å². The Balaban J connectivity index is 1.91. The fourth-order valence-electron chi connectivity index (χ4n) is 2.97. The molecule has 1 aromatic heterocycles. The first-order chi connectivity index (χ1) is 12.7. The quantitative estimate of drug-likeness (QED) is 0.847. The third-order valence-corrected chi connectivity index (χ3v) is 4.31. The predicted octanol–water partition coefficient (Wildman–Crippen LogP) is 2.87. The minimum atomic E-state index is -4.61. The fraction of sp³-hybridized carbons (Fsp3) is 0.353. The Morgan fingerprint density at radius 1 is 1.33 bits per heavy atom. The van der Waals surface area contributed by atoms with Crippen molar-refractivity contribution < 1.29 is 32.6 Å². The number of carbonyl (C=O) groups excluding carboxylic acids is 1. The highest BCUT2D eigenvalue weighted by Gasteiger charge is 2.36. The van der Waals surface area contributed by atoms with Crippen LogP contribution >= 0.6 is 0 Å². The van der Waals surface area contributed by atoms with Crippen molar-refractivity contribution in [3.05, 3.63) is 46.9 Å². The molecule has 0 bridgehead atoms. The summed E-state index contributed by atoms with van der Waals surface area (Å²) in [6, 6.07) is 4.76. The van der Waals surface area contributed by atoms with E-state index in [0.717, 1.165) is 6.07 Å².